The summed E-state index contributed by atoms with van der Waals surface area (Å²) in [6, 6.07) is 8.29. The second kappa shape index (κ2) is 4.54. The molecule has 1 aliphatic carbocycles. The van der Waals surface area contributed by atoms with E-state index in [1.54, 1.807) is 0 Å². The molecule has 2 nitrogen and oxygen atoms in total. The van der Waals surface area contributed by atoms with Gasteiger partial charge in [-0.05, 0) is 31.0 Å². The molecular formula is C12H17BrN2. The number of nitrogens with one attached hydrogen (secondary N) is 1. The molecule has 0 unspecified atom stereocenters. The monoisotopic (exact) mass is 268 g/mol. The Bertz CT molecular complexity index is 332. The number of benzene rings is 1. The van der Waals surface area contributed by atoms with Gasteiger partial charge in [0, 0.05) is 22.2 Å². The molecule has 0 radical (unpaired) electrons. The van der Waals surface area contributed by atoms with Gasteiger partial charge < -0.3 is 11.1 Å². The van der Waals surface area contributed by atoms with Crippen LogP contribution in [0.1, 0.15) is 25.7 Å². The number of halogens is 1. The van der Waals surface area contributed by atoms with E-state index in [1.807, 2.05) is 12.1 Å². The van der Waals surface area contributed by atoms with Crippen LogP contribution in [0.3, 0.4) is 0 Å². The van der Waals surface area contributed by atoms with Crippen LogP contribution in [-0.4, -0.2) is 12.1 Å². The zero-order valence-electron chi connectivity index (χ0n) is 8.80. The molecule has 0 bridgehead atoms. The molecule has 0 aromatic heterocycles. The van der Waals surface area contributed by atoms with Gasteiger partial charge in [-0.25, -0.2) is 0 Å². The first-order valence-corrected chi connectivity index (χ1v) is 6.27. The Morgan fingerprint density at radius 1 is 1.33 bits per heavy atom. The quantitative estimate of drug-likeness (QED) is 0.884. The van der Waals surface area contributed by atoms with Gasteiger partial charge in [0.15, 0.2) is 0 Å². The van der Waals surface area contributed by atoms with Crippen LogP contribution >= 0.6 is 15.9 Å². The average Bonchev–Trinajstić information content (AvgIpc) is 2.67. The summed E-state index contributed by atoms with van der Waals surface area (Å²) < 4.78 is 1.11. The van der Waals surface area contributed by atoms with Crippen LogP contribution in [0.4, 0.5) is 5.69 Å². The van der Waals surface area contributed by atoms with Crippen LogP contribution in [0.15, 0.2) is 28.7 Å². The van der Waals surface area contributed by atoms with Crippen LogP contribution in [-0.2, 0) is 0 Å². The molecule has 1 saturated carbocycles. The van der Waals surface area contributed by atoms with Crippen LogP contribution in [0.2, 0.25) is 0 Å². The van der Waals surface area contributed by atoms with Crippen molar-refractivity contribution in [3.8, 4) is 0 Å². The van der Waals surface area contributed by atoms with Crippen LogP contribution in [0.25, 0.3) is 0 Å². The Morgan fingerprint density at radius 3 is 2.67 bits per heavy atom. The van der Waals surface area contributed by atoms with Crippen molar-refractivity contribution in [2.45, 2.75) is 31.2 Å². The van der Waals surface area contributed by atoms with Gasteiger partial charge in [0.05, 0.1) is 0 Å². The fourth-order valence-corrected chi connectivity index (χ4v) is 2.70. The summed E-state index contributed by atoms with van der Waals surface area (Å²) in [4.78, 5) is 0. The van der Waals surface area contributed by atoms with E-state index < -0.39 is 0 Å². The smallest absolute Gasteiger partial charge is 0.0495 e. The summed E-state index contributed by atoms with van der Waals surface area (Å²) in [6.07, 6.45) is 4.96. The number of hydrogen-bond acceptors (Lipinski definition) is 2. The maximum Gasteiger partial charge on any atom is 0.0495 e. The average molecular weight is 269 g/mol. The molecule has 3 N–H and O–H groups in total. The van der Waals surface area contributed by atoms with Gasteiger partial charge in [0.1, 0.15) is 0 Å². The third kappa shape index (κ3) is 2.52. The van der Waals surface area contributed by atoms with E-state index in [9.17, 15) is 0 Å². The minimum atomic E-state index is 0.140. The van der Waals surface area contributed by atoms with Gasteiger partial charge >= 0.3 is 0 Å². The molecular weight excluding hydrogens is 252 g/mol. The highest BCUT2D eigenvalue weighted by atomic mass is 79.9. The minimum Gasteiger partial charge on any atom is -0.378 e. The molecule has 2 rings (SSSR count). The zero-order chi connectivity index (χ0) is 10.7. The Kier molecular flexibility index (Phi) is 3.32. The van der Waals surface area contributed by atoms with Crippen molar-refractivity contribution in [1.82, 2.24) is 0 Å². The molecule has 0 atom stereocenters. The van der Waals surface area contributed by atoms with Gasteiger partial charge in [-0.15, -0.1) is 0 Å². The Morgan fingerprint density at radius 2 is 2.07 bits per heavy atom. The van der Waals surface area contributed by atoms with Crippen LogP contribution in [0, 0.1) is 0 Å². The van der Waals surface area contributed by atoms with Crippen molar-refractivity contribution >= 4 is 21.6 Å². The summed E-state index contributed by atoms with van der Waals surface area (Å²) in [5.74, 6) is 0. The predicted molar refractivity (Wildman–Crippen MR) is 68.0 cm³/mol. The van der Waals surface area contributed by atoms with E-state index in [1.165, 1.54) is 25.7 Å². The molecule has 0 saturated heterocycles. The summed E-state index contributed by atoms with van der Waals surface area (Å²) >= 11 is 3.48. The first-order valence-electron chi connectivity index (χ1n) is 5.48. The van der Waals surface area contributed by atoms with Gasteiger partial charge in [-0.2, -0.15) is 0 Å². The largest absolute Gasteiger partial charge is 0.378 e. The Hall–Kier alpha value is -0.540. The first kappa shape index (κ1) is 11.0. The molecule has 0 spiro atoms. The van der Waals surface area contributed by atoms with Gasteiger partial charge in [-0.1, -0.05) is 34.8 Å². The number of hydrogen-bond donors (Lipinski definition) is 2. The van der Waals surface area contributed by atoms with Crippen LogP contribution < -0.4 is 11.1 Å². The van der Waals surface area contributed by atoms with E-state index in [2.05, 4.69) is 33.4 Å². The maximum atomic E-state index is 5.88. The molecule has 3 heteroatoms. The molecule has 0 heterocycles. The van der Waals surface area contributed by atoms with Gasteiger partial charge in [0.25, 0.3) is 0 Å². The Labute approximate surface area is 99.4 Å². The Balaban J connectivity index is 2.12. The number of rotatable bonds is 3. The molecule has 0 aliphatic heterocycles. The first-order chi connectivity index (χ1) is 7.24. The van der Waals surface area contributed by atoms with E-state index in [0.29, 0.717) is 0 Å². The van der Waals surface area contributed by atoms with E-state index in [4.69, 9.17) is 5.73 Å². The van der Waals surface area contributed by atoms with E-state index in [0.717, 1.165) is 16.7 Å². The van der Waals surface area contributed by atoms with Crippen molar-refractivity contribution < 1.29 is 0 Å². The molecule has 1 fully saturated rings. The maximum absolute atomic E-state index is 5.88. The number of nitrogens with two attached hydrogens (primary N) is 1. The SMILES string of the molecule is NCC1(Nc2cccc(Br)c2)CCCC1. The van der Waals surface area contributed by atoms with Crippen molar-refractivity contribution in [1.29, 1.82) is 0 Å². The standard InChI is InChI=1S/C12H17BrN2/c13-10-4-3-5-11(8-10)15-12(9-14)6-1-2-7-12/h3-5,8,15H,1-2,6-7,9,14H2. The molecule has 1 aliphatic rings. The molecule has 1 aromatic carbocycles. The fraction of sp³-hybridized carbons (Fsp3) is 0.500. The van der Waals surface area contributed by atoms with E-state index >= 15 is 0 Å². The van der Waals surface area contributed by atoms with Gasteiger partial charge in [-0.3, -0.25) is 0 Å². The third-order valence-corrected chi connectivity index (χ3v) is 3.68. The third-order valence-electron chi connectivity index (χ3n) is 3.19. The van der Waals surface area contributed by atoms with Crippen LogP contribution in [0.5, 0.6) is 0 Å². The summed E-state index contributed by atoms with van der Waals surface area (Å²) in [5, 5.41) is 3.59. The topological polar surface area (TPSA) is 38.0 Å². The lowest BCUT2D eigenvalue weighted by atomic mass is 9.97. The molecule has 15 heavy (non-hydrogen) atoms. The summed E-state index contributed by atoms with van der Waals surface area (Å²) in [7, 11) is 0. The second-order valence-corrected chi connectivity index (χ2v) is 5.24. The lowest BCUT2D eigenvalue weighted by Gasteiger charge is -2.30. The normalized spacial score (nSPS) is 19.1. The van der Waals surface area contributed by atoms with Crippen molar-refractivity contribution in [2.75, 3.05) is 11.9 Å². The highest BCUT2D eigenvalue weighted by Crippen LogP contribution is 2.32. The minimum absolute atomic E-state index is 0.140. The predicted octanol–water partition coefficient (Wildman–Crippen LogP) is 3.13. The highest BCUT2D eigenvalue weighted by molar-refractivity contribution is 9.10. The highest BCUT2D eigenvalue weighted by Gasteiger charge is 2.31. The summed E-state index contributed by atoms with van der Waals surface area (Å²) in [6.45, 7) is 0.722. The zero-order valence-corrected chi connectivity index (χ0v) is 10.4. The van der Waals surface area contributed by atoms with E-state index in [-0.39, 0.29) is 5.54 Å². The summed E-state index contributed by atoms with van der Waals surface area (Å²) in [5.41, 5.74) is 7.18. The van der Waals surface area contributed by atoms with Crippen molar-refractivity contribution in [2.24, 2.45) is 5.73 Å². The van der Waals surface area contributed by atoms with Gasteiger partial charge in [0.2, 0.25) is 0 Å². The van der Waals surface area contributed by atoms with Crippen molar-refractivity contribution in [3.63, 3.8) is 0 Å². The number of anilines is 1. The van der Waals surface area contributed by atoms with Crippen molar-refractivity contribution in [3.05, 3.63) is 28.7 Å². The molecule has 1 aromatic rings. The fourth-order valence-electron chi connectivity index (χ4n) is 2.30. The second-order valence-electron chi connectivity index (χ2n) is 4.33. The molecule has 0 amide bonds. The molecule has 82 valence electrons. The lowest BCUT2D eigenvalue weighted by Crippen LogP contribution is -2.42. The lowest BCUT2D eigenvalue weighted by molar-refractivity contribution is 0.493.